The molecule has 1 saturated heterocycles. The summed E-state index contributed by atoms with van der Waals surface area (Å²) in [4.78, 5) is 7.07. The number of aromatic nitrogens is 3. The molecule has 0 amide bonds. The summed E-state index contributed by atoms with van der Waals surface area (Å²) in [6, 6.07) is 7.62. The second kappa shape index (κ2) is 7.92. The minimum absolute atomic E-state index is 0.0227. The molecule has 156 valence electrons. The number of nitrogens with zero attached hydrogens (tertiary/aromatic N) is 4. The van der Waals surface area contributed by atoms with E-state index in [2.05, 4.69) is 25.4 Å². The van der Waals surface area contributed by atoms with E-state index in [1.54, 1.807) is 12.3 Å². The van der Waals surface area contributed by atoms with Gasteiger partial charge in [-0.3, -0.25) is 0 Å². The predicted octanol–water partition coefficient (Wildman–Crippen LogP) is 4.14. The molecule has 5 rings (SSSR count). The molecule has 3 heterocycles. The summed E-state index contributed by atoms with van der Waals surface area (Å²) < 4.78 is 14.7. The van der Waals surface area contributed by atoms with Crippen LogP contribution in [0.15, 0.2) is 30.5 Å². The van der Waals surface area contributed by atoms with Crippen LogP contribution in [0.1, 0.15) is 30.7 Å². The van der Waals surface area contributed by atoms with Crippen molar-refractivity contribution in [3.8, 4) is 27.4 Å². The Balaban J connectivity index is 1.32. The third-order valence-corrected chi connectivity index (χ3v) is 6.93. The maximum Gasteiger partial charge on any atom is 0.151 e. The predicted molar refractivity (Wildman–Crippen MR) is 116 cm³/mol. The molecule has 1 aliphatic carbocycles. The second-order valence-corrected chi connectivity index (χ2v) is 9.33. The van der Waals surface area contributed by atoms with Crippen molar-refractivity contribution in [2.75, 3.05) is 18.0 Å². The minimum Gasteiger partial charge on any atom is -0.507 e. The number of nitrogens with one attached hydrogen (secondary N) is 1. The molecule has 2 N–H and O–H groups in total. The van der Waals surface area contributed by atoms with Crippen molar-refractivity contribution in [3.63, 3.8) is 0 Å². The first-order valence-corrected chi connectivity index (χ1v) is 11.2. The van der Waals surface area contributed by atoms with E-state index in [0.29, 0.717) is 33.8 Å². The molecular formula is C22H24FN5OS. The Morgan fingerprint density at radius 1 is 1.13 bits per heavy atom. The first-order valence-electron chi connectivity index (χ1n) is 10.4. The van der Waals surface area contributed by atoms with Crippen LogP contribution >= 0.6 is 11.3 Å². The number of anilines is 1. The molecule has 0 bridgehead atoms. The smallest absolute Gasteiger partial charge is 0.151 e. The van der Waals surface area contributed by atoms with E-state index in [1.807, 2.05) is 13.0 Å². The number of benzene rings is 1. The topological polar surface area (TPSA) is 74.2 Å². The van der Waals surface area contributed by atoms with Crippen molar-refractivity contribution in [3.05, 3.63) is 41.3 Å². The Kier molecular flexibility index (Phi) is 5.12. The summed E-state index contributed by atoms with van der Waals surface area (Å²) in [7, 11) is 0. The summed E-state index contributed by atoms with van der Waals surface area (Å²) in [6.45, 7) is 3.73. The van der Waals surface area contributed by atoms with Gasteiger partial charge in [0, 0.05) is 42.5 Å². The first-order chi connectivity index (χ1) is 14.6. The Morgan fingerprint density at radius 3 is 2.67 bits per heavy atom. The molecule has 2 aromatic heterocycles. The van der Waals surface area contributed by atoms with Crippen LogP contribution in [-0.4, -0.2) is 45.5 Å². The Morgan fingerprint density at radius 2 is 2.00 bits per heavy atom. The number of hydrogen-bond acceptors (Lipinski definition) is 7. The summed E-state index contributed by atoms with van der Waals surface area (Å²) in [5.74, 6) is 0.376. The monoisotopic (exact) mass is 425 g/mol. The molecule has 30 heavy (non-hydrogen) atoms. The minimum atomic E-state index is -0.415. The normalized spacial score (nSPS) is 19.3. The van der Waals surface area contributed by atoms with E-state index >= 15 is 0 Å². The molecule has 2 fully saturated rings. The van der Waals surface area contributed by atoms with Gasteiger partial charge < -0.3 is 15.3 Å². The largest absolute Gasteiger partial charge is 0.507 e. The molecule has 3 aromatic rings. The molecule has 0 radical (unpaired) electrons. The SMILES string of the molecule is Cc1ncc(-c2cc(O)c(-c3ccc(N4CC[C@H](NC5CCC5)C4)nn3)cc2F)s1. The number of thiazole rings is 1. The first kappa shape index (κ1) is 19.4. The highest BCUT2D eigenvalue weighted by Gasteiger charge is 2.28. The van der Waals surface area contributed by atoms with Gasteiger partial charge in [-0.05, 0) is 50.5 Å². The van der Waals surface area contributed by atoms with Crippen LogP contribution in [0.3, 0.4) is 0 Å². The molecule has 1 saturated carbocycles. The maximum absolute atomic E-state index is 14.7. The van der Waals surface area contributed by atoms with Gasteiger partial charge >= 0.3 is 0 Å². The van der Waals surface area contributed by atoms with Gasteiger partial charge in [-0.2, -0.15) is 0 Å². The van der Waals surface area contributed by atoms with Crippen LogP contribution in [0.4, 0.5) is 10.2 Å². The average Bonchev–Trinajstić information content (AvgIpc) is 3.35. The molecule has 2 aliphatic rings. The van der Waals surface area contributed by atoms with Crippen molar-refractivity contribution in [1.29, 1.82) is 0 Å². The van der Waals surface area contributed by atoms with Crippen molar-refractivity contribution in [2.24, 2.45) is 0 Å². The number of hydrogen-bond donors (Lipinski definition) is 2. The maximum atomic E-state index is 14.7. The standard InChI is InChI=1S/C22H24FN5OS/c1-13-24-11-21(30-13)16-10-20(29)17(9-18(16)23)19-5-6-22(27-26-19)28-8-7-15(12-28)25-14-3-2-4-14/h5-6,9-11,14-15,25,29H,2-4,7-8,12H2,1H3/t15-/m0/s1. The van der Waals surface area contributed by atoms with E-state index in [4.69, 9.17) is 0 Å². The van der Waals surface area contributed by atoms with Crippen LogP contribution in [0.25, 0.3) is 21.7 Å². The highest BCUT2D eigenvalue weighted by molar-refractivity contribution is 7.15. The lowest BCUT2D eigenvalue weighted by atomic mass is 9.92. The van der Waals surface area contributed by atoms with Gasteiger partial charge in [-0.1, -0.05) is 6.42 Å². The number of aryl methyl sites for hydroxylation is 1. The van der Waals surface area contributed by atoms with E-state index in [9.17, 15) is 9.50 Å². The van der Waals surface area contributed by atoms with E-state index in [0.717, 1.165) is 30.3 Å². The average molecular weight is 426 g/mol. The molecular weight excluding hydrogens is 401 g/mol. The van der Waals surface area contributed by atoms with Gasteiger partial charge in [0.15, 0.2) is 5.82 Å². The van der Waals surface area contributed by atoms with Crippen molar-refractivity contribution < 1.29 is 9.50 Å². The van der Waals surface area contributed by atoms with Crippen LogP contribution in [0.2, 0.25) is 0 Å². The third-order valence-electron chi connectivity index (χ3n) is 5.99. The zero-order valence-corrected chi connectivity index (χ0v) is 17.6. The van der Waals surface area contributed by atoms with Crippen molar-refractivity contribution >= 4 is 17.2 Å². The number of halogens is 1. The molecule has 6 nitrogen and oxygen atoms in total. The highest BCUT2D eigenvalue weighted by Crippen LogP contribution is 2.37. The van der Waals surface area contributed by atoms with Gasteiger partial charge in [-0.15, -0.1) is 21.5 Å². The number of rotatable bonds is 5. The lowest BCUT2D eigenvalue weighted by Crippen LogP contribution is -2.43. The second-order valence-electron chi connectivity index (χ2n) is 8.10. The Bertz CT molecular complexity index is 1050. The molecule has 0 unspecified atom stereocenters. The summed E-state index contributed by atoms with van der Waals surface area (Å²) in [5, 5.41) is 23.7. The molecule has 1 aliphatic heterocycles. The van der Waals surface area contributed by atoms with Gasteiger partial charge in [0.05, 0.1) is 15.6 Å². The molecule has 0 spiro atoms. The lowest BCUT2D eigenvalue weighted by Gasteiger charge is -2.29. The van der Waals surface area contributed by atoms with Gasteiger partial charge in [0.2, 0.25) is 0 Å². The Labute approximate surface area is 178 Å². The fraction of sp³-hybridized carbons (Fsp3) is 0.409. The van der Waals surface area contributed by atoms with Crippen LogP contribution < -0.4 is 10.2 Å². The molecule has 8 heteroatoms. The van der Waals surface area contributed by atoms with Crippen LogP contribution in [0, 0.1) is 12.7 Å². The van der Waals surface area contributed by atoms with E-state index < -0.39 is 5.82 Å². The van der Waals surface area contributed by atoms with E-state index in [1.165, 1.54) is 42.7 Å². The number of phenolic OH excluding ortho intramolecular Hbond substituents is 1. The summed E-state index contributed by atoms with van der Waals surface area (Å²) in [6.07, 6.45) is 6.62. The Hall–Kier alpha value is -2.58. The van der Waals surface area contributed by atoms with Crippen molar-refractivity contribution in [1.82, 2.24) is 20.5 Å². The van der Waals surface area contributed by atoms with Gasteiger partial charge in [0.25, 0.3) is 0 Å². The van der Waals surface area contributed by atoms with Crippen molar-refractivity contribution in [2.45, 2.75) is 44.7 Å². The van der Waals surface area contributed by atoms with Gasteiger partial charge in [0.1, 0.15) is 11.6 Å². The number of phenols is 1. The van der Waals surface area contributed by atoms with Gasteiger partial charge in [-0.25, -0.2) is 9.37 Å². The lowest BCUT2D eigenvalue weighted by molar-refractivity contribution is 0.311. The molecule has 1 atom stereocenters. The zero-order chi connectivity index (χ0) is 20.7. The van der Waals surface area contributed by atoms with Crippen LogP contribution in [-0.2, 0) is 0 Å². The summed E-state index contributed by atoms with van der Waals surface area (Å²) in [5.41, 5.74) is 1.13. The molecule has 1 aromatic carbocycles. The van der Waals surface area contributed by atoms with E-state index in [-0.39, 0.29) is 5.75 Å². The fourth-order valence-electron chi connectivity index (χ4n) is 4.09. The fourth-order valence-corrected chi connectivity index (χ4v) is 4.89. The quantitative estimate of drug-likeness (QED) is 0.640. The van der Waals surface area contributed by atoms with Crippen LogP contribution in [0.5, 0.6) is 5.75 Å². The zero-order valence-electron chi connectivity index (χ0n) is 16.8. The third kappa shape index (κ3) is 3.77. The highest BCUT2D eigenvalue weighted by atomic mass is 32.1. The number of aromatic hydroxyl groups is 1. The summed E-state index contributed by atoms with van der Waals surface area (Å²) >= 11 is 1.39.